The van der Waals surface area contributed by atoms with Gasteiger partial charge in [0.25, 0.3) is 0 Å². The van der Waals surface area contributed by atoms with Crippen molar-refractivity contribution < 1.29 is 19.7 Å². The van der Waals surface area contributed by atoms with Crippen LogP contribution in [0, 0.1) is 0 Å². The summed E-state index contributed by atoms with van der Waals surface area (Å²) >= 11 is 0. The number of phenolic OH excluding ortho intramolecular Hbond substituents is 1. The molecule has 4 N–H and O–H groups in total. The maximum Gasteiger partial charge on any atom is 0.332 e. The standard InChI is InChI=1S/C14H17NO4/c15-12-8-3-1-2-7(8)6-9(13(12)16)10-4-5-11(19-10)14(17)18/h6,10-11,16H,1-5,15H2,(H,17,18). The molecule has 1 fully saturated rings. The van der Waals surface area contributed by atoms with E-state index in [4.69, 9.17) is 15.6 Å². The Morgan fingerprint density at radius 3 is 2.84 bits per heavy atom. The number of carbonyl (C=O) groups is 1. The van der Waals surface area contributed by atoms with Crippen LogP contribution < -0.4 is 5.73 Å². The Hall–Kier alpha value is -1.75. The topological polar surface area (TPSA) is 92.8 Å². The maximum absolute atomic E-state index is 10.9. The molecular weight excluding hydrogens is 246 g/mol. The summed E-state index contributed by atoms with van der Waals surface area (Å²) in [4.78, 5) is 10.9. The Balaban J connectivity index is 1.94. The quantitative estimate of drug-likeness (QED) is 0.558. The van der Waals surface area contributed by atoms with Crippen molar-refractivity contribution in [2.75, 3.05) is 5.73 Å². The van der Waals surface area contributed by atoms with Gasteiger partial charge in [0.05, 0.1) is 11.8 Å². The van der Waals surface area contributed by atoms with Gasteiger partial charge in [-0.1, -0.05) is 0 Å². The van der Waals surface area contributed by atoms with Crippen molar-refractivity contribution in [1.82, 2.24) is 0 Å². The molecule has 1 saturated heterocycles. The molecule has 19 heavy (non-hydrogen) atoms. The zero-order valence-corrected chi connectivity index (χ0v) is 10.6. The lowest BCUT2D eigenvalue weighted by Gasteiger charge is -2.17. The third-order valence-corrected chi connectivity index (χ3v) is 4.09. The van der Waals surface area contributed by atoms with Crippen LogP contribution in [-0.2, 0) is 22.4 Å². The third kappa shape index (κ3) is 1.94. The highest BCUT2D eigenvalue weighted by molar-refractivity contribution is 5.73. The average molecular weight is 263 g/mol. The monoisotopic (exact) mass is 263 g/mol. The summed E-state index contributed by atoms with van der Waals surface area (Å²) < 4.78 is 5.49. The van der Waals surface area contributed by atoms with E-state index in [2.05, 4.69) is 0 Å². The number of benzene rings is 1. The van der Waals surface area contributed by atoms with Gasteiger partial charge in [0.1, 0.15) is 5.75 Å². The van der Waals surface area contributed by atoms with E-state index >= 15 is 0 Å². The molecule has 1 aromatic rings. The predicted molar refractivity (Wildman–Crippen MR) is 69.0 cm³/mol. The molecule has 3 rings (SSSR count). The number of carboxylic acids is 1. The Morgan fingerprint density at radius 2 is 2.16 bits per heavy atom. The third-order valence-electron chi connectivity index (χ3n) is 4.09. The minimum Gasteiger partial charge on any atom is -0.505 e. The van der Waals surface area contributed by atoms with Crippen LogP contribution in [0.4, 0.5) is 5.69 Å². The van der Waals surface area contributed by atoms with Gasteiger partial charge in [-0.2, -0.15) is 0 Å². The lowest BCUT2D eigenvalue weighted by molar-refractivity contribution is -0.149. The molecule has 0 saturated carbocycles. The van der Waals surface area contributed by atoms with Gasteiger partial charge in [-0.15, -0.1) is 0 Å². The first kappa shape index (κ1) is 12.3. The van der Waals surface area contributed by atoms with Gasteiger partial charge in [0.2, 0.25) is 0 Å². The zero-order chi connectivity index (χ0) is 13.6. The summed E-state index contributed by atoms with van der Waals surface area (Å²) in [7, 11) is 0. The van der Waals surface area contributed by atoms with Gasteiger partial charge >= 0.3 is 5.97 Å². The van der Waals surface area contributed by atoms with Crippen LogP contribution in [0.5, 0.6) is 5.75 Å². The molecule has 0 radical (unpaired) electrons. The second-order valence-corrected chi connectivity index (χ2v) is 5.25. The number of hydrogen-bond acceptors (Lipinski definition) is 4. The first-order valence-electron chi connectivity index (χ1n) is 6.59. The zero-order valence-electron chi connectivity index (χ0n) is 10.6. The van der Waals surface area contributed by atoms with E-state index in [1.54, 1.807) is 0 Å². The molecule has 5 heteroatoms. The normalized spacial score (nSPS) is 25.5. The summed E-state index contributed by atoms with van der Waals surface area (Å²) in [5.74, 6) is -0.882. The van der Waals surface area contributed by atoms with Crippen LogP contribution in [0.2, 0.25) is 0 Å². The summed E-state index contributed by atoms with van der Waals surface area (Å²) in [5, 5.41) is 19.1. The number of carboxylic acid groups (broad SMARTS) is 1. The molecule has 5 nitrogen and oxygen atoms in total. The molecule has 1 aromatic carbocycles. The van der Waals surface area contributed by atoms with E-state index in [-0.39, 0.29) is 11.9 Å². The Morgan fingerprint density at radius 1 is 1.37 bits per heavy atom. The van der Waals surface area contributed by atoms with Crippen LogP contribution in [-0.4, -0.2) is 22.3 Å². The van der Waals surface area contributed by atoms with E-state index in [1.807, 2.05) is 6.07 Å². The van der Waals surface area contributed by atoms with Gasteiger partial charge in [-0.3, -0.25) is 0 Å². The van der Waals surface area contributed by atoms with Crippen LogP contribution in [0.25, 0.3) is 0 Å². The van der Waals surface area contributed by atoms with Crippen LogP contribution >= 0.6 is 0 Å². The number of ether oxygens (including phenoxy) is 1. The number of fused-ring (bicyclic) bond motifs is 1. The number of aryl methyl sites for hydroxylation is 1. The second-order valence-electron chi connectivity index (χ2n) is 5.25. The summed E-state index contributed by atoms with van der Waals surface area (Å²) in [6, 6.07) is 1.93. The molecule has 2 atom stereocenters. The van der Waals surface area contributed by atoms with E-state index in [0.29, 0.717) is 24.1 Å². The highest BCUT2D eigenvalue weighted by Crippen LogP contribution is 2.43. The molecular formula is C14H17NO4. The highest BCUT2D eigenvalue weighted by atomic mass is 16.5. The van der Waals surface area contributed by atoms with Gasteiger partial charge in [0, 0.05) is 5.56 Å². The van der Waals surface area contributed by atoms with E-state index < -0.39 is 12.1 Å². The van der Waals surface area contributed by atoms with E-state index in [1.165, 1.54) is 0 Å². The number of hydrogen-bond donors (Lipinski definition) is 3. The first-order chi connectivity index (χ1) is 9.08. The minimum absolute atomic E-state index is 0.0664. The van der Waals surface area contributed by atoms with Crippen molar-refractivity contribution in [3.8, 4) is 5.75 Å². The summed E-state index contributed by atoms with van der Waals surface area (Å²) in [6.45, 7) is 0. The minimum atomic E-state index is -0.948. The molecule has 2 aliphatic rings. The molecule has 1 aliphatic carbocycles. The largest absolute Gasteiger partial charge is 0.505 e. The Bertz CT molecular complexity index is 541. The second kappa shape index (κ2) is 4.42. The molecule has 102 valence electrons. The molecule has 0 amide bonds. The molecule has 0 aromatic heterocycles. The number of nitrogens with two attached hydrogens (primary N) is 1. The number of nitrogen functional groups attached to an aromatic ring is 1. The summed E-state index contributed by atoms with van der Waals surface area (Å²) in [5.41, 5.74) is 9.25. The average Bonchev–Trinajstić information content (AvgIpc) is 3.01. The van der Waals surface area contributed by atoms with Crippen molar-refractivity contribution in [3.05, 3.63) is 22.8 Å². The number of aliphatic carboxylic acids is 1. The number of rotatable bonds is 2. The summed E-state index contributed by atoms with van der Waals surface area (Å²) in [6.07, 6.45) is 2.83. The van der Waals surface area contributed by atoms with Crippen molar-refractivity contribution in [2.24, 2.45) is 0 Å². The fraction of sp³-hybridized carbons (Fsp3) is 0.500. The number of aromatic hydroxyl groups is 1. The van der Waals surface area contributed by atoms with Crippen molar-refractivity contribution >= 4 is 11.7 Å². The van der Waals surface area contributed by atoms with Gasteiger partial charge in [-0.05, 0) is 49.3 Å². The maximum atomic E-state index is 10.9. The first-order valence-corrected chi connectivity index (χ1v) is 6.59. The van der Waals surface area contributed by atoms with Crippen molar-refractivity contribution in [2.45, 2.75) is 44.3 Å². The fourth-order valence-electron chi connectivity index (χ4n) is 3.08. The van der Waals surface area contributed by atoms with Crippen LogP contribution in [0.1, 0.15) is 42.1 Å². The smallest absolute Gasteiger partial charge is 0.332 e. The van der Waals surface area contributed by atoms with Crippen LogP contribution in [0.15, 0.2) is 6.07 Å². The SMILES string of the molecule is Nc1c(O)c(C2CCC(C(=O)O)O2)cc2c1CCC2. The molecule has 0 bridgehead atoms. The Kier molecular flexibility index (Phi) is 2.86. The van der Waals surface area contributed by atoms with Gasteiger partial charge in [-0.25, -0.2) is 4.79 Å². The number of phenols is 1. The van der Waals surface area contributed by atoms with E-state index in [9.17, 15) is 9.90 Å². The predicted octanol–water partition coefficient (Wildman–Crippen LogP) is 1.77. The van der Waals surface area contributed by atoms with Crippen LogP contribution in [0.3, 0.4) is 0 Å². The van der Waals surface area contributed by atoms with Crippen molar-refractivity contribution in [1.29, 1.82) is 0 Å². The molecule has 2 unspecified atom stereocenters. The van der Waals surface area contributed by atoms with Gasteiger partial charge < -0.3 is 20.7 Å². The fourth-order valence-corrected chi connectivity index (χ4v) is 3.08. The number of anilines is 1. The lowest BCUT2D eigenvalue weighted by Crippen LogP contribution is -2.18. The van der Waals surface area contributed by atoms with Crippen molar-refractivity contribution in [3.63, 3.8) is 0 Å². The highest BCUT2D eigenvalue weighted by Gasteiger charge is 2.34. The van der Waals surface area contributed by atoms with Gasteiger partial charge in [0.15, 0.2) is 6.10 Å². The Labute approximate surface area is 111 Å². The molecule has 1 heterocycles. The molecule has 1 aliphatic heterocycles. The molecule has 0 spiro atoms. The van der Waals surface area contributed by atoms with E-state index in [0.717, 1.165) is 30.4 Å². The lowest BCUT2D eigenvalue weighted by atomic mass is 9.98.